The average Bonchev–Trinajstić information content (AvgIpc) is 2.37. The van der Waals surface area contributed by atoms with E-state index in [1.165, 1.54) is 13.2 Å². The number of rotatable bonds is 6. The molecular formula is C14H20FNO3. The Balaban J connectivity index is 2.67. The van der Waals surface area contributed by atoms with E-state index in [1.807, 2.05) is 11.9 Å². The Bertz CT molecular complexity index is 435. The fraction of sp³-hybridized carbons (Fsp3) is 0.500. The van der Waals surface area contributed by atoms with Gasteiger partial charge in [-0.1, -0.05) is 6.07 Å². The quantitative estimate of drug-likeness (QED) is 0.800. The third-order valence-electron chi connectivity index (χ3n) is 2.84. The van der Waals surface area contributed by atoms with Gasteiger partial charge in [0.05, 0.1) is 18.8 Å². The highest BCUT2D eigenvalue weighted by molar-refractivity contribution is 5.89. The van der Waals surface area contributed by atoms with Gasteiger partial charge >= 0.3 is 5.97 Å². The van der Waals surface area contributed by atoms with Crippen molar-refractivity contribution >= 4 is 5.97 Å². The highest BCUT2D eigenvalue weighted by Crippen LogP contribution is 2.13. The number of aliphatic hydroxyl groups is 1. The highest BCUT2D eigenvalue weighted by Gasteiger charge is 2.11. The van der Waals surface area contributed by atoms with Crippen molar-refractivity contribution in [2.75, 3.05) is 20.7 Å². The smallest absolute Gasteiger partial charge is 0.337 e. The Kier molecular flexibility index (Phi) is 5.92. The van der Waals surface area contributed by atoms with Crippen molar-refractivity contribution in [3.05, 3.63) is 35.1 Å². The first-order valence-electron chi connectivity index (χ1n) is 6.17. The maximum absolute atomic E-state index is 13.8. The molecule has 1 aromatic carbocycles. The molecule has 0 aliphatic carbocycles. The second-order valence-corrected chi connectivity index (χ2v) is 4.67. The molecule has 1 atom stereocenters. The molecule has 0 bridgehead atoms. The first kappa shape index (κ1) is 15.6. The van der Waals surface area contributed by atoms with Crippen molar-refractivity contribution in [1.82, 2.24) is 4.90 Å². The van der Waals surface area contributed by atoms with E-state index in [-0.39, 0.29) is 11.7 Å². The molecule has 1 N–H and O–H groups in total. The minimum Gasteiger partial charge on any atom is -0.465 e. The van der Waals surface area contributed by atoms with Crippen LogP contribution in [-0.2, 0) is 11.3 Å². The van der Waals surface area contributed by atoms with E-state index in [1.54, 1.807) is 19.1 Å². The third kappa shape index (κ3) is 4.96. The second-order valence-electron chi connectivity index (χ2n) is 4.67. The number of methoxy groups -OCH3 is 1. The fourth-order valence-electron chi connectivity index (χ4n) is 1.70. The van der Waals surface area contributed by atoms with Gasteiger partial charge in [0.1, 0.15) is 5.82 Å². The number of hydrogen-bond acceptors (Lipinski definition) is 4. The van der Waals surface area contributed by atoms with Crippen molar-refractivity contribution in [2.45, 2.75) is 26.0 Å². The number of esters is 1. The SMILES string of the molecule is COC(=O)c1ccc(CN(C)CCC(C)O)c(F)c1. The van der Waals surface area contributed by atoms with E-state index >= 15 is 0 Å². The standard InChI is InChI=1S/C14H20FNO3/c1-10(17)6-7-16(2)9-12-5-4-11(8-13(12)15)14(18)19-3/h4-5,8,10,17H,6-7,9H2,1-3H3. The largest absolute Gasteiger partial charge is 0.465 e. The first-order valence-corrected chi connectivity index (χ1v) is 6.17. The Morgan fingerprint density at radius 3 is 2.74 bits per heavy atom. The summed E-state index contributed by atoms with van der Waals surface area (Å²) < 4.78 is 18.4. The molecule has 0 aliphatic heterocycles. The molecule has 0 saturated heterocycles. The zero-order valence-corrected chi connectivity index (χ0v) is 11.5. The zero-order chi connectivity index (χ0) is 14.4. The summed E-state index contributed by atoms with van der Waals surface area (Å²) in [5, 5.41) is 9.19. The van der Waals surface area contributed by atoms with Crippen molar-refractivity contribution in [3.63, 3.8) is 0 Å². The molecule has 0 saturated carbocycles. The number of nitrogens with zero attached hydrogens (tertiary/aromatic N) is 1. The molecule has 0 heterocycles. The minimum absolute atomic E-state index is 0.204. The van der Waals surface area contributed by atoms with Crippen molar-refractivity contribution < 1.29 is 19.0 Å². The lowest BCUT2D eigenvalue weighted by atomic mass is 10.1. The molecular weight excluding hydrogens is 249 g/mol. The Morgan fingerprint density at radius 2 is 2.21 bits per heavy atom. The minimum atomic E-state index is -0.548. The lowest BCUT2D eigenvalue weighted by Crippen LogP contribution is -2.22. The van der Waals surface area contributed by atoms with Crippen LogP contribution in [0.5, 0.6) is 0 Å². The molecule has 106 valence electrons. The van der Waals surface area contributed by atoms with Gasteiger partial charge in [0.25, 0.3) is 0 Å². The number of benzene rings is 1. The van der Waals surface area contributed by atoms with Crippen LogP contribution in [-0.4, -0.2) is 42.8 Å². The van der Waals surface area contributed by atoms with Crippen LogP contribution < -0.4 is 0 Å². The van der Waals surface area contributed by atoms with Crippen LogP contribution in [0, 0.1) is 5.82 Å². The molecule has 0 amide bonds. The van der Waals surface area contributed by atoms with Crippen molar-refractivity contribution in [1.29, 1.82) is 0 Å². The van der Waals surface area contributed by atoms with E-state index < -0.39 is 11.8 Å². The van der Waals surface area contributed by atoms with Gasteiger partial charge in [-0.2, -0.15) is 0 Å². The van der Waals surface area contributed by atoms with Crippen LogP contribution in [0.2, 0.25) is 0 Å². The summed E-state index contributed by atoms with van der Waals surface area (Å²) in [6, 6.07) is 4.32. The molecule has 1 aromatic rings. The fourth-order valence-corrected chi connectivity index (χ4v) is 1.70. The summed E-state index contributed by atoms with van der Waals surface area (Å²) in [7, 11) is 3.12. The number of carbonyl (C=O) groups excluding carboxylic acids is 1. The number of ether oxygens (including phenoxy) is 1. The molecule has 1 rings (SSSR count). The van der Waals surface area contributed by atoms with Crippen molar-refractivity contribution in [3.8, 4) is 0 Å². The summed E-state index contributed by atoms with van der Waals surface area (Å²) in [5.41, 5.74) is 0.719. The molecule has 0 aliphatic rings. The molecule has 0 spiro atoms. The number of halogens is 1. The number of carbonyl (C=O) groups is 1. The summed E-state index contributed by atoms with van der Waals surface area (Å²) in [6.45, 7) is 2.83. The summed E-state index contributed by atoms with van der Waals surface area (Å²) in [4.78, 5) is 13.2. The molecule has 0 fully saturated rings. The van der Waals surface area contributed by atoms with Crippen LogP contribution in [0.15, 0.2) is 18.2 Å². The normalized spacial score (nSPS) is 12.5. The third-order valence-corrected chi connectivity index (χ3v) is 2.84. The maximum Gasteiger partial charge on any atom is 0.337 e. The monoisotopic (exact) mass is 269 g/mol. The van der Waals surface area contributed by atoms with Crippen LogP contribution in [0.4, 0.5) is 4.39 Å². The van der Waals surface area contributed by atoms with Gasteiger partial charge in [0, 0.05) is 18.7 Å². The average molecular weight is 269 g/mol. The number of hydrogen-bond donors (Lipinski definition) is 1. The second kappa shape index (κ2) is 7.21. The van der Waals surface area contributed by atoms with Crippen LogP contribution >= 0.6 is 0 Å². The Labute approximate surface area is 112 Å². The maximum atomic E-state index is 13.8. The Hall–Kier alpha value is -1.46. The highest BCUT2D eigenvalue weighted by atomic mass is 19.1. The lowest BCUT2D eigenvalue weighted by molar-refractivity contribution is 0.0600. The van der Waals surface area contributed by atoms with Gasteiger partial charge < -0.3 is 14.7 Å². The van der Waals surface area contributed by atoms with Crippen LogP contribution in [0.1, 0.15) is 29.3 Å². The molecule has 19 heavy (non-hydrogen) atoms. The zero-order valence-electron chi connectivity index (χ0n) is 11.5. The van der Waals surface area contributed by atoms with Gasteiger partial charge in [0.15, 0.2) is 0 Å². The molecule has 0 radical (unpaired) electrons. The van der Waals surface area contributed by atoms with E-state index in [4.69, 9.17) is 0 Å². The molecule has 5 heteroatoms. The topological polar surface area (TPSA) is 49.8 Å². The first-order chi connectivity index (χ1) is 8.93. The van der Waals surface area contributed by atoms with Crippen molar-refractivity contribution in [2.24, 2.45) is 0 Å². The van der Waals surface area contributed by atoms with E-state index in [9.17, 15) is 14.3 Å². The molecule has 0 aromatic heterocycles. The summed E-state index contributed by atoms with van der Waals surface area (Å²) >= 11 is 0. The van der Waals surface area contributed by atoms with Gasteiger partial charge in [-0.15, -0.1) is 0 Å². The van der Waals surface area contributed by atoms with Gasteiger partial charge in [-0.05, 0) is 32.5 Å². The van der Waals surface area contributed by atoms with E-state index in [2.05, 4.69) is 4.74 Å². The predicted molar refractivity (Wildman–Crippen MR) is 70.4 cm³/mol. The van der Waals surface area contributed by atoms with Gasteiger partial charge in [-0.25, -0.2) is 9.18 Å². The van der Waals surface area contributed by atoms with Crippen LogP contribution in [0.3, 0.4) is 0 Å². The van der Waals surface area contributed by atoms with E-state index in [0.29, 0.717) is 25.1 Å². The number of aliphatic hydroxyl groups excluding tert-OH is 1. The Morgan fingerprint density at radius 1 is 1.53 bits per heavy atom. The summed E-state index contributed by atoms with van der Waals surface area (Å²) in [6.07, 6.45) is 0.271. The van der Waals surface area contributed by atoms with Crippen LogP contribution in [0.25, 0.3) is 0 Å². The lowest BCUT2D eigenvalue weighted by Gasteiger charge is -2.18. The van der Waals surface area contributed by atoms with Gasteiger partial charge in [-0.3, -0.25) is 0 Å². The summed E-state index contributed by atoms with van der Waals surface area (Å²) in [5.74, 6) is -0.972. The van der Waals surface area contributed by atoms with E-state index in [0.717, 1.165) is 0 Å². The van der Waals surface area contributed by atoms with Gasteiger partial charge in [0.2, 0.25) is 0 Å². The molecule has 1 unspecified atom stereocenters. The predicted octanol–water partition coefficient (Wildman–Crippen LogP) is 1.81. The molecule has 4 nitrogen and oxygen atoms in total.